The summed E-state index contributed by atoms with van der Waals surface area (Å²) >= 11 is 0. The monoisotopic (exact) mass is 345 g/mol. The highest BCUT2D eigenvalue weighted by molar-refractivity contribution is 5.79. The van der Waals surface area contributed by atoms with Gasteiger partial charge in [-0.15, -0.1) is 0 Å². The molecule has 1 aliphatic carbocycles. The molecule has 0 radical (unpaired) electrons. The Kier molecular flexibility index (Phi) is 6.19. The number of nitrogens with zero attached hydrogens (tertiary/aromatic N) is 1. The van der Waals surface area contributed by atoms with E-state index in [1.165, 1.54) is 30.4 Å². The molecule has 1 aromatic rings. The van der Waals surface area contributed by atoms with E-state index >= 15 is 0 Å². The predicted molar refractivity (Wildman–Crippen MR) is 101 cm³/mol. The third-order valence-corrected chi connectivity index (χ3v) is 5.57. The summed E-state index contributed by atoms with van der Waals surface area (Å²) in [5, 5.41) is 6.95. The van der Waals surface area contributed by atoms with Crippen LogP contribution in [0.25, 0.3) is 0 Å². The number of aliphatic imine (C=N–C) groups is 1. The third-order valence-electron chi connectivity index (χ3n) is 5.57. The van der Waals surface area contributed by atoms with Crippen molar-refractivity contribution < 1.29 is 9.47 Å². The zero-order valence-electron chi connectivity index (χ0n) is 15.6. The fourth-order valence-electron chi connectivity index (χ4n) is 3.72. The number of hydrogen-bond acceptors (Lipinski definition) is 3. The van der Waals surface area contributed by atoms with E-state index in [1.807, 2.05) is 7.05 Å². The summed E-state index contributed by atoms with van der Waals surface area (Å²) in [6.45, 7) is 3.52. The first kappa shape index (κ1) is 18.1. The summed E-state index contributed by atoms with van der Waals surface area (Å²) in [5.74, 6) is 1.95. The molecule has 0 unspecified atom stereocenters. The summed E-state index contributed by atoms with van der Waals surface area (Å²) in [4.78, 5) is 4.36. The van der Waals surface area contributed by atoms with Crippen LogP contribution < -0.4 is 15.4 Å². The van der Waals surface area contributed by atoms with Crippen LogP contribution in [0, 0.1) is 5.41 Å². The van der Waals surface area contributed by atoms with Crippen molar-refractivity contribution in [2.45, 2.75) is 38.5 Å². The highest BCUT2D eigenvalue weighted by Crippen LogP contribution is 2.43. The lowest BCUT2D eigenvalue weighted by molar-refractivity contribution is 0.0732. The molecule has 138 valence electrons. The highest BCUT2D eigenvalue weighted by Gasteiger charge is 2.36. The summed E-state index contributed by atoms with van der Waals surface area (Å²) in [6.07, 6.45) is 7.06. The van der Waals surface area contributed by atoms with Gasteiger partial charge in [-0.3, -0.25) is 4.99 Å². The number of hydrogen-bond donors (Lipinski definition) is 2. The molecule has 5 heteroatoms. The Balaban J connectivity index is 1.42. The molecule has 1 aliphatic heterocycles. The van der Waals surface area contributed by atoms with E-state index in [-0.39, 0.29) is 0 Å². The number of ether oxygens (including phenoxy) is 2. The Bertz CT molecular complexity index is 597. The van der Waals surface area contributed by atoms with Gasteiger partial charge in [0, 0.05) is 40.3 Å². The van der Waals surface area contributed by atoms with Gasteiger partial charge < -0.3 is 20.1 Å². The van der Waals surface area contributed by atoms with Crippen LogP contribution in [0.4, 0.5) is 0 Å². The minimum absolute atomic E-state index is 0.396. The Hall–Kier alpha value is -1.75. The molecule has 0 atom stereocenters. The van der Waals surface area contributed by atoms with Crippen LogP contribution in [-0.4, -0.2) is 46.4 Å². The molecule has 2 aliphatic rings. The molecule has 0 amide bonds. The maximum Gasteiger partial charge on any atom is 0.191 e. The quantitative estimate of drug-likeness (QED) is 0.562. The Morgan fingerprint density at radius 3 is 2.92 bits per heavy atom. The van der Waals surface area contributed by atoms with Gasteiger partial charge in [0.05, 0.1) is 6.61 Å². The van der Waals surface area contributed by atoms with Crippen molar-refractivity contribution in [1.29, 1.82) is 0 Å². The van der Waals surface area contributed by atoms with Crippen molar-refractivity contribution in [1.82, 2.24) is 10.6 Å². The number of methoxy groups -OCH3 is 1. The van der Waals surface area contributed by atoms with Gasteiger partial charge in [0.1, 0.15) is 5.75 Å². The molecule has 1 saturated carbocycles. The van der Waals surface area contributed by atoms with Gasteiger partial charge in [-0.05, 0) is 48.3 Å². The van der Waals surface area contributed by atoms with Crippen molar-refractivity contribution in [2.75, 3.05) is 40.5 Å². The smallest absolute Gasteiger partial charge is 0.191 e. The van der Waals surface area contributed by atoms with Gasteiger partial charge in [-0.25, -0.2) is 0 Å². The molecular weight excluding hydrogens is 314 g/mol. The average Bonchev–Trinajstić information content (AvgIpc) is 3.06. The van der Waals surface area contributed by atoms with Gasteiger partial charge in [0.25, 0.3) is 0 Å². The standard InChI is InChI=1S/C20H31N3O2/c1-21-19(23-15-20(8-3-9-20)10-13-24-2)22-11-6-16-4-5-18-17(14-16)7-12-25-18/h4-5,14H,3,6-13,15H2,1-2H3,(H2,21,22,23). The lowest BCUT2D eigenvalue weighted by atomic mass is 9.67. The average molecular weight is 345 g/mol. The van der Waals surface area contributed by atoms with E-state index in [0.717, 1.165) is 57.3 Å². The van der Waals surface area contributed by atoms with Crippen molar-refractivity contribution in [3.63, 3.8) is 0 Å². The number of guanidine groups is 1. The Morgan fingerprint density at radius 1 is 1.32 bits per heavy atom. The third kappa shape index (κ3) is 4.66. The van der Waals surface area contributed by atoms with Gasteiger partial charge in [-0.1, -0.05) is 18.6 Å². The molecule has 2 N–H and O–H groups in total. The van der Waals surface area contributed by atoms with Crippen LogP contribution in [0.2, 0.25) is 0 Å². The van der Waals surface area contributed by atoms with Crippen LogP contribution >= 0.6 is 0 Å². The highest BCUT2D eigenvalue weighted by atomic mass is 16.5. The van der Waals surface area contributed by atoms with E-state index in [4.69, 9.17) is 9.47 Å². The van der Waals surface area contributed by atoms with Gasteiger partial charge >= 0.3 is 0 Å². The lowest BCUT2D eigenvalue weighted by Gasteiger charge is -2.42. The number of benzene rings is 1. The molecule has 25 heavy (non-hydrogen) atoms. The molecule has 1 fully saturated rings. The van der Waals surface area contributed by atoms with E-state index in [2.05, 4.69) is 33.8 Å². The Morgan fingerprint density at radius 2 is 2.20 bits per heavy atom. The molecule has 3 rings (SSSR count). The number of nitrogens with one attached hydrogen (secondary N) is 2. The molecule has 1 heterocycles. The second-order valence-corrected chi connectivity index (χ2v) is 7.24. The first-order chi connectivity index (χ1) is 12.2. The van der Waals surface area contributed by atoms with E-state index in [1.54, 1.807) is 7.11 Å². The minimum atomic E-state index is 0.396. The van der Waals surface area contributed by atoms with Crippen molar-refractivity contribution in [2.24, 2.45) is 10.4 Å². The summed E-state index contributed by atoms with van der Waals surface area (Å²) in [7, 11) is 3.62. The SMILES string of the molecule is CN=C(NCCc1ccc2c(c1)CCO2)NCC1(CCOC)CCC1. The molecule has 0 bridgehead atoms. The number of rotatable bonds is 8. The molecule has 0 aromatic heterocycles. The maximum atomic E-state index is 5.57. The largest absolute Gasteiger partial charge is 0.493 e. The maximum absolute atomic E-state index is 5.57. The second kappa shape index (κ2) is 8.56. The summed E-state index contributed by atoms with van der Waals surface area (Å²) in [5.41, 5.74) is 3.08. The molecule has 0 saturated heterocycles. The summed E-state index contributed by atoms with van der Waals surface area (Å²) < 4.78 is 10.8. The number of fused-ring (bicyclic) bond motifs is 1. The summed E-state index contributed by atoms with van der Waals surface area (Å²) in [6, 6.07) is 6.53. The van der Waals surface area contributed by atoms with Crippen LogP contribution in [0.3, 0.4) is 0 Å². The van der Waals surface area contributed by atoms with Gasteiger partial charge in [-0.2, -0.15) is 0 Å². The van der Waals surface area contributed by atoms with Crippen LogP contribution in [0.1, 0.15) is 36.8 Å². The topological polar surface area (TPSA) is 54.9 Å². The normalized spacial score (nSPS) is 18.2. The predicted octanol–water partition coefficient (Wildman–Crippen LogP) is 2.54. The molecule has 1 aromatic carbocycles. The molecular formula is C20H31N3O2. The minimum Gasteiger partial charge on any atom is -0.493 e. The first-order valence-electron chi connectivity index (χ1n) is 9.43. The zero-order chi connectivity index (χ0) is 17.5. The van der Waals surface area contributed by atoms with Gasteiger partial charge in [0.2, 0.25) is 0 Å². The van der Waals surface area contributed by atoms with Crippen LogP contribution in [-0.2, 0) is 17.6 Å². The zero-order valence-corrected chi connectivity index (χ0v) is 15.6. The van der Waals surface area contributed by atoms with Crippen LogP contribution in [0.15, 0.2) is 23.2 Å². The van der Waals surface area contributed by atoms with Gasteiger partial charge in [0.15, 0.2) is 5.96 Å². The Labute approximate surface area is 151 Å². The fourth-order valence-corrected chi connectivity index (χ4v) is 3.72. The lowest BCUT2D eigenvalue weighted by Crippen LogP contribution is -2.47. The second-order valence-electron chi connectivity index (χ2n) is 7.24. The van der Waals surface area contributed by atoms with Crippen molar-refractivity contribution in [3.05, 3.63) is 29.3 Å². The van der Waals surface area contributed by atoms with E-state index in [9.17, 15) is 0 Å². The van der Waals surface area contributed by atoms with E-state index < -0.39 is 0 Å². The van der Waals surface area contributed by atoms with Crippen LogP contribution in [0.5, 0.6) is 5.75 Å². The van der Waals surface area contributed by atoms with E-state index in [0.29, 0.717) is 5.41 Å². The molecule has 0 spiro atoms. The van der Waals surface area contributed by atoms with Crippen molar-refractivity contribution >= 4 is 5.96 Å². The molecule has 5 nitrogen and oxygen atoms in total. The first-order valence-corrected chi connectivity index (χ1v) is 9.43. The fraction of sp³-hybridized carbons (Fsp3) is 0.650. The van der Waals surface area contributed by atoms with Crippen molar-refractivity contribution in [3.8, 4) is 5.75 Å².